The second-order valence-corrected chi connectivity index (χ2v) is 9.17. The van der Waals surface area contributed by atoms with Gasteiger partial charge in [0.2, 0.25) is 5.91 Å². The highest BCUT2D eigenvalue weighted by atomic mass is 32.2. The number of thioether (sulfide) groups is 1. The van der Waals surface area contributed by atoms with Crippen LogP contribution in [0.4, 0.5) is 5.00 Å². The maximum absolute atomic E-state index is 12.6. The molecule has 0 spiro atoms. The molecular formula is C22H16N6O2S2. The Morgan fingerprint density at radius 3 is 2.88 bits per heavy atom. The third kappa shape index (κ3) is 3.41. The fourth-order valence-electron chi connectivity index (χ4n) is 3.37. The number of para-hydroxylation sites is 1. The van der Waals surface area contributed by atoms with E-state index in [1.807, 2.05) is 44.2 Å². The fraction of sp³-hybridized carbons (Fsp3) is 0.136. The van der Waals surface area contributed by atoms with Crippen molar-refractivity contribution in [3.8, 4) is 17.7 Å². The van der Waals surface area contributed by atoms with Crippen molar-refractivity contribution in [3.63, 3.8) is 0 Å². The average Bonchev–Trinajstić information content (AvgIpc) is 3.52. The number of aryl methyl sites for hydroxylation is 1. The van der Waals surface area contributed by atoms with Gasteiger partial charge in [-0.05, 0) is 43.7 Å². The van der Waals surface area contributed by atoms with Gasteiger partial charge in [0.05, 0.1) is 23.1 Å². The number of carbonyl (C=O) groups excluding carboxylic acids is 1. The van der Waals surface area contributed by atoms with Gasteiger partial charge in [-0.25, -0.2) is 4.98 Å². The van der Waals surface area contributed by atoms with Gasteiger partial charge in [-0.15, -0.1) is 21.5 Å². The first-order chi connectivity index (χ1) is 15.6. The minimum absolute atomic E-state index is 0.103. The lowest BCUT2D eigenvalue weighted by Gasteiger charge is -2.07. The zero-order valence-electron chi connectivity index (χ0n) is 17.1. The molecule has 0 saturated heterocycles. The molecule has 158 valence electrons. The summed E-state index contributed by atoms with van der Waals surface area (Å²) in [4.78, 5) is 18.4. The number of nitrogens with one attached hydrogen (secondary N) is 1. The van der Waals surface area contributed by atoms with Crippen molar-refractivity contribution in [1.82, 2.24) is 19.6 Å². The van der Waals surface area contributed by atoms with Crippen LogP contribution in [0.15, 0.2) is 52.2 Å². The van der Waals surface area contributed by atoms with Crippen molar-refractivity contribution in [1.29, 1.82) is 5.26 Å². The summed E-state index contributed by atoms with van der Waals surface area (Å²) in [6.45, 7) is 3.81. The third-order valence-corrected chi connectivity index (χ3v) is 7.09. The van der Waals surface area contributed by atoms with E-state index < -0.39 is 0 Å². The minimum Gasteiger partial charge on any atom is -0.461 e. The Bertz CT molecular complexity index is 1510. The number of carbonyl (C=O) groups is 1. The number of hydrogen-bond acceptors (Lipinski definition) is 8. The van der Waals surface area contributed by atoms with Crippen LogP contribution in [-0.4, -0.2) is 31.2 Å². The summed E-state index contributed by atoms with van der Waals surface area (Å²) in [6, 6.07) is 13.5. The molecular weight excluding hydrogens is 444 g/mol. The van der Waals surface area contributed by atoms with Crippen molar-refractivity contribution in [2.45, 2.75) is 19.0 Å². The van der Waals surface area contributed by atoms with Crippen molar-refractivity contribution in [3.05, 3.63) is 58.7 Å². The van der Waals surface area contributed by atoms with Crippen LogP contribution < -0.4 is 5.32 Å². The number of thiophene rings is 1. The van der Waals surface area contributed by atoms with E-state index in [-0.39, 0.29) is 11.7 Å². The molecule has 0 radical (unpaired) electrons. The summed E-state index contributed by atoms with van der Waals surface area (Å²) in [7, 11) is 0. The smallest absolute Gasteiger partial charge is 0.235 e. The van der Waals surface area contributed by atoms with Crippen LogP contribution >= 0.6 is 23.1 Å². The molecule has 4 heterocycles. The van der Waals surface area contributed by atoms with E-state index >= 15 is 0 Å². The topological polar surface area (TPSA) is 109 Å². The second kappa shape index (κ2) is 8.11. The number of nitriles is 1. The SMILES string of the molecule is Cc1sc(NC(=O)CSc2nnc3c4ccccc4nc(-c4ccco4)n23)c(C#N)c1C. The summed E-state index contributed by atoms with van der Waals surface area (Å²) in [5.41, 5.74) is 2.82. The lowest BCUT2D eigenvalue weighted by Crippen LogP contribution is -2.14. The monoisotopic (exact) mass is 460 g/mol. The Morgan fingerprint density at radius 2 is 2.09 bits per heavy atom. The number of nitrogens with zero attached hydrogens (tertiary/aromatic N) is 5. The van der Waals surface area contributed by atoms with Crippen LogP contribution in [0, 0.1) is 25.2 Å². The quantitative estimate of drug-likeness (QED) is 0.375. The van der Waals surface area contributed by atoms with Crippen molar-refractivity contribution in [2.75, 3.05) is 11.1 Å². The molecule has 1 N–H and O–H groups in total. The largest absolute Gasteiger partial charge is 0.461 e. The van der Waals surface area contributed by atoms with E-state index in [0.717, 1.165) is 21.3 Å². The molecule has 1 amide bonds. The van der Waals surface area contributed by atoms with E-state index in [1.165, 1.54) is 23.1 Å². The van der Waals surface area contributed by atoms with Crippen molar-refractivity contribution < 1.29 is 9.21 Å². The Balaban J connectivity index is 1.48. The lowest BCUT2D eigenvalue weighted by atomic mass is 10.2. The first kappa shape index (κ1) is 20.2. The molecule has 8 nitrogen and oxygen atoms in total. The van der Waals surface area contributed by atoms with E-state index in [4.69, 9.17) is 9.40 Å². The van der Waals surface area contributed by atoms with Crippen molar-refractivity contribution in [2.24, 2.45) is 0 Å². The van der Waals surface area contributed by atoms with Crippen LogP contribution in [-0.2, 0) is 4.79 Å². The number of benzene rings is 1. The van der Waals surface area contributed by atoms with Gasteiger partial charge in [-0.2, -0.15) is 5.26 Å². The standard InChI is InChI=1S/C22H16N6O2S2/c1-12-13(2)32-21(15(12)10-23)25-18(29)11-31-22-27-26-19-14-6-3-4-7-16(14)24-20(28(19)22)17-8-5-9-30-17/h3-9H,11H2,1-2H3,(H,25,29). The Labute approximate surface area is 190 Å². The lowest BCUT2D eigenvalue weighted by molar-refractivity contribution is -0.113. The molecule has 4 aromatic heterocycles. The third-order valence-electron chi connectivity index (χ3n) is 5.04. The summed E-state index contributed by atoms with van der Waals surface area (Å²) in [5, 5.41) is 22.9. The first-order valence-electron chi connectivity index (χ1n) is 9.67. The number of rotatable bonds is 5. The highest BCUT2D eigenvalue weighted by Gasteiger charge is 2.20. The molecule has 0 saturated carbocycles. The Morgan fingerprint density at radius 1 is 1.25 bits per heavy atom. The van der Waals surface area contributed by atoms with Crippen LogP contribution in [0.3, 0.4) is 0 Å². The zero-order valence-corrected chi connectivity index (χ0v) is 18.8. The second-order valence-electron chi connectivity index (χ2n) is 7.01. The molecule has 0 atom stereocenters. The molecule has 0 aliphatic rings. The summed E-state index contributed by atoms with van der Waals surface area (Å²) in [5.74, 6) is 1.02. The van der Waals surface area contributed by atoms with Crippen LogP contribution in [0.2, 0.25) is 0 Å². The molecule has 5 aromatic rings. The number of anilines is 1. The number of furan rings is 1. The molecule has 0 bridgehead atoms. The highest BCUT2D eigenvalue weighted by Crippen LogP contribution is 2.32. The normalized spacial score (nSPS) is 11.2. The van der Waals surface area contributed by atoms with Crippen LogP contribution in [0.5, 0.6) is 0 Å². The fourth-order valence-corrected chi connectivity index (χ4v) is 5.13. The van der Waals surface area contributed by atoms with Gasteiger partial charge in [0.1, 0.15) is 11.1 Å². The van der Waals surface area contributed by atoms with Gasteiger partial charge < -0.3 is 9.73 Å². The van der Waals surface area contributed by atoms with E-state index in [9.17, 15) is 10.1 Å². The molecule has 0 unspecified atom stereocenters. The van der Waals surface area contributed by atoms with Crippen LogP contribution in [0.1, 0.15) is 16.0 Å². The summed E-state index contributed by atoms with van der Waals surface area (Å²) in [6.07, 6.45) is 1.58. The maximum Gasteiger partial charge on any atom is 0.235 e. The predicted molar refractivity (Wildman–Crippen MR) is 124 cm³/mol. The van der Waals surface area contributed by atoms with Gasteiger partial charge in [0, 0.05) is 10.3 Å². The molecule has 10 heteroatoms. The highest BCUT2D eigenvalue weighted by molar-refractivity contribution is 7.99. The molecule has 32 heavy (non-hydrogen) atoms. The first-order valence-corrected chi connectivity index (χ1v) is 11.5. The predicted octanol–water partition coefficient (Wildman–Crippen LogP) is 4.82. The molecule has 0 aliphatic heterocycles. The Kier molecular flexibility index (Phi) is 5.13. The molecule has 5 rings (SSSR count). The Hall–Kier alpha value is -3.68. The van der Waals surface area contributed by atoms with Crippen molar-refractivity contribution >= 4 is 50.6 Å². The van der Waals surface area contributed by atoms with Gasteiger partial charge in [-0.3, -0.25) is 9.20 Å². The van der Waals surface area contributed by atoms with E-state index in [1.54, 1.807) is 16.7 Å². The average molecular weight is 461 g/mol. The summed E-state index contributed by atoms with van der Waals surface area (Å²) >= 11 is 2.65. The van der Waals surface area contributed by atoms with Gasteiger partial charge >= 0.3 is 0 Å². The minimum atomic E-state index is -0.224. The number of hydrogen-bond donors (Lipinski definition) is 1. The van der Waals surface area contributed by atoms with Crippen LogP contribution in [0.25, 0.3) is 28.1 Å². The number of amides is 1. The van der Waals surface area contributed by atoms with Gasteiger partial charge in [0.15, 0.2) is 22.4 Å². The number of aromatic nitrogens is 4. The zero-order chi connectivity index (χ0) is 22.2. The van der Waals surface area contributed by atoms with Gasteiger partial charge in [0.25, 0.3) is 0 Å². The maximum atomic E-state index is 12.6. The molecule has 0 aliphatic carbocycles. The van der Waals surface area contributed by atoms with E-state index in [2.05, 4.69) is 21.6 Å². The van der Waals surface area contributed by atoms with E-state index in [0.29, 0.717) is 33.0 Å². The van der Waals surface area contributed by atoms with Gasteiger partial charge in [-0.1, -0.05) is 23.9 Å². The number of fused-ring (bicyclic) bond motifs is 3. The summed E-state index contributed by atoms with van der Waals surface area (Å²) < 4.78 is 7.39. The molecule has 1 aromatic carbocycles. The molecule has 0 fully saturated rings.